The molecule has 172 valence electrons. The third kappa shape index (κ3) is 8.24. The Morgan fingerprint density at radius 2 is 1.72 bits per heavy atom. The lowest BCUT2D eigenvalue weighted by molar-refractivity contribution is -0.141. The van der Waals surface area contributed by atoms with Crippen LogP contribution in [0.5, 0.6) is 5.75 Å². The zero-order chi connectivity index (χ0) is 23.3. The third-order valence-electron chi connectivity index (χ3n) is 4.54. The van der Waals surface area contributed by atoms with Gasteiger partial charge in [-0.15, -0.1) is 0 Å². The lowest BCUT2D eigenvalue weighted by Crippen LogP contribution is -2.33. The van der Waals surface area contributed by atoms with Crippen LogP contribution in [0.3, 0.4) is 0 Å². The number of aliphatic hydroxyl groups excluding tert-OH is 1. The molecule has 0 aromatic heterocycles. The second-order valence-corrected chi connectivity index (χ2v) is 7.25. The Hall–Kier alpha value is -3.04. The number of imide groups is 1. The summed E-state index contributed by atoms with van der Waals surface area (Å²) in [6.07, 6.45) is -1.17. The van der Waals surface area contributed by atoms with Gasteiger partial charge in [0.25, 0.3) is 5.91 Å². The van der Waals surface area contributed by atoms with Crippen LogP contribution in [0.25, 0.3) is 0 Å². The van der Waals surface area contributed by atoms with E-state index in [0.29, 0.717) is 23.3 Å². The minimum Gasteiger partial charge on any atom is -0.491 e. The van der Waals surface area contributed by atoms with E-state index in [9.17, 15) is 14.4 Å². The third-order valence-corrected chi connectivity index (χ3v) is 4.79. The van der Waals surface area contributed by atoms with Gasteiger partial charge >= 0.3 is 12.1 Å². The summed E-state index contributed by atoms with van der Waals surface area (Å²) >= 11 is 3.87. The number of hydrogen-bond donors (Lipinski definition) is 3. The molecule has 0 unspecified atom stereocenters. The van der Waals surface area contributed by atoms with E-state index < -0.39 is 24.1 Å². The van der Waals surface area contributed by atoms with Crippen LogP contribution < -0.4 is 10.1 Å². The maximum atomic E-state index is 12.4. The van der Waals surface area contributed by atoms with E-state index in [-0.39, 0.29) is 31.5 Å². The number of rotatable bonds is 11. The lowest BCUT2D eigenvalue weighted by Gasteiger charge is -2.25. The SMILES string of the molecule is C[C@H](CCOC(=O)CS)[C@@H](OC(=O)NC(=O)c1ccccc1)c1ccc(OCCO)cc1. The van der Waals surface area contributed by atoms with Gasteiger partial charge in [-0.25, -0.2) is 4.79 Å². The van der Waals surface area contributed by atoms with Crippen molar-refractivity contribution in [2.24, 2.45) is 5.92 Å². The van der Waals surface area contributed by atoms with E-state index in [2.05, 4.69) is 17.9 Å². The summed E-state index contributed by atoms with van der Waals surface area (Å²) in [7, 11) is 0. The highest BCUT2D eigenvalue weighted by molar-refractivity contribution is 7.81. The Morgan fingerprint density at radius 1 is 1.03 bits per heavy atom. The molecule has 0 aliphatic rings. The minimum absolute atomic E-state index is 0.0202. The molecule has 2 aromatic carbocycles. The Morgan fingerprint density at radius 3 is 2.34 bits per heavy atom. The van der Waals surface area contributed by atoms with E-state index >= 15 is 0 Å². The standard InChI is InChI=1S/C23H27NO7S/c1-16(11-13-30-20(26)15-32)21(17-7-9-19(10-8-17)29-14-12-25)31-23(28)24-22(27)18-5-3-2-4-6-18/h2-10,16,21,25,32H,11-15H2,1H3,(H,24,27,28)/t16-,21-/m1/s1. The Labute approximate surface area is 192 Å². The van der Waals surface area contributed by atoms with Gasteiger partial charge in [0.2, 0.25) is 0 Å². The fourth-order valence-corrected chi connectivity index (χ4v) is 2.98. The predicted molar refractivity (Wildman–Crippen MR) is 121 cm³/mol. The van der Waals surface area contributed by atoms with Gasteiger partial charge < -0.3 is 19.3 Å². The van der Waals surface area contributed by atoms with Crippen LogP contribution in [-0.2, 0) is 14.3 Å². The summed E-state index contributed by atoms with van der Waals surface area (Å²) in [6, 6.07) is 15.2. The lowest BCUT2D eigenvalue weighted by atomic mass is 9.94. The van der Waals surface area contributed by atoms with Crippen molar-refractivity contribution >= 4 is 30.6 Å². The minimum atomic E-state index is -0.885. The number of alkyl carbamates (subject to hydrolysis) is 1. The molecule has 0 heterocycles. The molecular formula is C23H27NO7S. The van der Waals surface area contributed by atoms with Crippen molar-refractivity contribution in [1.29, 1.82) is 0 Å². The molecule has 2 amide bonds. The maximum Gasteiger partial charge on any atom is 0.414 e. The monoisotopic (exact) mass is 461 g/mol. The molecule has 9 heteroatoms. The summed E-state index contributed by atoms with van der Waals surface area (Å²) in [6.45, 7) is 2.05. The second-order valence-electron chi connectivity index (χ2n) is 6.93. The number of aliphatic hydroxyl groups is 1. The highest BCUT2D eigenvalue weighted by atomic mass is 32.1. The first kappa shape index (κ1) is 25.2. The zero-order valence-electron chi connectivity index (χ0n) is 17.7. The number of carbonyl (C=O) groups is 3. The summed E-state index contributed by atoms with van der Waals surface area (Å²) in [5, 5.41) is 11.1. The van der Waals surface area contributed by atoms with Crippen LogP contribution in [0.4, 0.5) is 4.79 Å². The van der Waals surface area contributed by atoms with Gasteiger partial charge in [0.1, 0.15) is 18.5 Å². The molecule has 0 saturated carbocycles. The number of benzene rings is 2. The molecular weight excluding hydrogens is 434 g/mol. The summed E-state index contributed by atoms with van der Waals surface area (Å²) in [4.78, 5) is 36.0. The van der Waals surface area contributed by atoms with Gasteiger partial charge in [-0.05, 0) is 36.2 Å². The van der Waals surface area contributed by atoms with Gasteiger partial charge in [-0.2, -0.15) is 12.6 Å². The van der Waals surface area contributed by atoms with Crippen LogP contribution >= 0.6 is 12.6 Å². The molecule has 0 radical (unpaired) electrons. The molecule has 0 spiro atoms. The molecule has 0 aliphatic carbocycles. The Balaban J connectivity index is 2.09. The van der Waals surface area contributed by atoms with Crippen molar-refractivity contribution in [1.82, 2.24) is 5.32 Å². The van der Waals surface area contributed by atoms with Crippen LogP contribution in [0, 0.1) is 5.92 Å². The average molecular weight is 462 g/mol. The quantitative estimate of drug-likeness (QED) is 0.348. The number of amides is 2. The van der Waals surface area contributed by atoms with E-state index in [1.165, 1.54) is 0 Å². The number of carbonyl (C=O) groups excluding carboxylic acids is 3. The molecule has 0 saturated heterocycles. The normalized spacial score (nSPS) is 12.3. The van der Waals surface area contributed by atoms with Crippen LogP contribution in [0.15, 0.2) is 54.6 Å². The molecule has 0 fully saturated rings. The van der Waals surface area contributed by atoms with Crippen molar-refractivity contribution in [2.75, 3.05) is 25.6 Å². The summed E-state index contributed by atoms with van der Waals surface area (Å²) in [5.41, 5.74) is 1.01. The molecule has 8 nitrogen and oxygen atoms in total. The molecule has 2 rings (SSSR count). The highest BCUT2D eigenvalue weighted by Gasteiger charge is 2.25. The van der Waals surface area contributed by atoms with E-state index in [1.54, 1.807) is 54.6 Å². The Kier molecular flexibility index (Phi) is 10.6. The van der Waals surface area contributed by atoms with Crippen molar-refractivity contribution in [2.45, 2.75) is 19.4 Å². The Bertz CT molecular complexity index is 874. The first-order valence-electron chi connectivity index (χ1n) is 10.1. The fraction of sp³-hybridized carbons (Fsp3) is 0.348. The van der Waals surface area contributed by atoms with Gasteiger partial charge in [0, 0.05) is 11.5 Å². The highest BCUT2D eigenvalue weighted by Crippen LogP contribution is 2.30. The smallest absolute Gasteiger partial charge is 0.414 e. The topological polar surface area (TPSA) is 111 Å². The van der Waals surface area contributed by atoms with Crippen molar-refractivity contribution in [3.05, 3.63) is 65.7 Å². The van der Waals surface area contributed by atoms with Crippen LogP contribution in [0.1, 0.15) is 35.4 Å². The van der Waals surface area contributed by atoms with E-state index in [0.717, 1.165) is 0 Å². The predicted octanol–water partition coefficient (Wildman–Crippen LogP) is 3.16. The number of nitrogens with one attached hydrogen (secondary N) is 1. The zero-order valence-corrected chi connectivity index (χ0v) is 18.6. The molecule has 0 bridgehead atoms. The van der Waals surface area contributed by atoms with Gasteiger partial charge in [0.15, 0.2) is 0 Å². The van der Waals surface area contributed by atoms with Gasteiger partial charge in [-0.3, -0.25) is 14.9 Å². The molecule has 2 N–H and O–H groups in total. The van der Waals surface area contributed by atoms with E-state index in [1.807, 2.05) is 6.92 Å². The first-order valence-corrected chi connectivity index (χ1v) is 10.7. The average Bonchev–Trinajstić information content (AvgIpc) is 2.81. The first-order chi connectivity index (χ1) is 15.4. The number of ether oxygens (including phenoxy) is 3. The van der Waals surface area contributed by atoms with Crippen LogP contribution in [0.2, 0.25) is 0 Å². The summed E-state index contributed by atoms with van der Waals surface area (Å²) < 4.78 is 16.0. The van der Waals surface area contributed by atoms with E-state index in [4.69, 9.17) is 19.3 Å². The van der Waals surface area contributed by atoms with Gasteiger partial charge in [-0.1, -0.05) is 37.3 Å². The summed E-state index contributed by atoms with van der Waals surface area (Å²) in [5.74, 6) is -0.703. The largest absolute Gasteiger partial charge is 0.491 e. The molecule has 32 heavy (non-hydrogen) atoms. The second kappa shape index (κ2) is 13.4. The van der Waals surface area contributed by atoms with Gasteiger partial charge in [0.05, 0.1) is 19.0 Å². The number of thiol groups is 1. The fourth-order valence-electron chi connectivity index (χ4n) is 2.88. The number of hydrogen-bond acceptors (Lipinski definition) is 8. The molecule has 2 atom stereocenters. The maximum absolute atomic E-state index is 12.4. The van der Waals surface area contributed by atoms with Crippen molar-refractivity contribution < 1.29 is 33.7 Å². The van der Waals surface area contributed by atoms with Crippen molar-refractivity contribution in [3.8, 4) is 5.75 Å². The van der Waals surface area contributed by atoms with Crippen LogP contribution in [-0.4, -0.2) is 48.6 Å². The molecule has 2 aromatic rings. The number of esters is 1. The van der Waals surface area contributed by atoms with Crippen molar-refractivity contribution in [3.63, 3.8) is 0 Å². The molecule has 0 aliphatic heterocycles.